The lowest BCUT2D eigenvalue weighted by Gasteiger charge is -2.25. The molecule has 0 bridgehead atoms. The number of methoxy groups -OCH3 is 1. The molecule has 1 aliphatic heterocycles. The minimum atomic E-state index is -0.916. The molecule has 2 aromatic rings. The number of hydrogen-bond acceptors (Lipinski definition) is 7. The van der Waals surface area contributed by atoms with Crippen molar-refractivity contribution in [2.75, 3.05) is 20.3 Å². The van der Waals surface area contributed by atoms with Crippen LogP contribution < -0.4 is 25.1 Å². The third-order valence-electron chi connectivity index (χ3n) is 3.97. The van der Waals surface area contributed by atoms with Gasteiger partial charge in [-0.15, -0.1) is 0 Å². The van der Waals surface area contributed by atoms with Crippen molar-refractivity contribution in [2.24, 2.45) is 0 Å². The second-order valence-electron chi connectivity index (χ2n) is 6.09. The Morgan fingerprint density at radius 1 is 1.07 bits per heavy atom. The molecule has 9 heteroatoms. The number of carbonyl (C=O) groups is 3. The number of fused-ring (bicyclic) bond motifs is 1. The van der Waals surface area contributed by atoms with Gasteiger partial charge in [0, 0.05) is 0 Å². The highest BCUT2D eigenvalue weighted by Crippen LogP contribution is 2.30. The molecule has 2 amide bonds. The second kappa shape index (κ2) is 9.45. The SMILES string of the molecule is COc1cccc(CC(=O)OCC(=O)NNC(=O)[C@H]2COc3ccccc3O2)c1. The Labute approximate surface area is 166 Å². The van der Waals surface area contributed by atoms with Crippen molar-refractivity contribution in [2.45, 2.75) is 12.5 Å². The molecule has 2 N–H and O–H groups in total. The number of esters is 1. The molecule has 0 aromatic heterocycles. The maximum Gasteiger partial charge on any atom is 0.310 e. The predicted molar refractivity (Wildman–Crippen MR) is 100 cm³/mol. The molecule has 0 saturated heterocycles. The number of hydrogen-bond donors (Lipinski definition) is 2. The number of rotatable bonds is 6. The molecule has 152 valence electrons. The van der Waals surface area contributed by atoms with Crippen molar-refractivity contribution in [3.8, 4) is 17.2 Å². The third kappa shape index (κ3) is 5.61. The summed E-state index contributed by atoms with van der Waals surface area (Å²) in [6.45, 7) is -0.526. The van der Waals surface area contributed by atoms with Crippen molar-refractivity contribution in [3.63, 3.8) is 0 Å². The average Bonchev–Trinajstić information content (AvgIpc) is 2.75. The van der Waals surface area contributed by atoms with Crippen LogP contribution >= 0.6 is 0 Å². The van der Waals surface area contributed by atoms with Crippen molar-refractivity contribution >= 4 is 17.8 Å². The minimum absolute atomic E-state index is 0.00818. The van der Waals surface area contributed by atoms with Crippen molar-refractivity contribution in [1.82, 2.24) is 10.9 Å². The van der Waals surface area contributed by atoms with Crippen LogP contribution in [-0.4, -0.2) is 44.2 Å². The van der Waals surface area contributed by atoms with E-state index in [4.69, 9.17) is 18.9 Å². The monoisotopic (exact) mass is 400 g/mol. The number of hydrazine groups is 1. The highest BCUT2D eigenvalue weighted by molar-refractivity contribution is 5.86. The summed E-state index contributed by atoms with van der Waals surface area (Å²) < 4.78 is 21.0. The van der Waals surface area contributed by atoms with E-state index in [2.05, 4.69) is 10.9 Å². The number of para-hydroxylation sites is 2. The molecule has 1 atom stereocenters. The van der Waals surface area contributed by atoms with E-state index < -0.39 is 30.5 Å². The van der Waals surface area contributed by atoms with E-state index in [9.17, 15) is 14.4 Å². The van der Waals surface area contributed by atoms with Gasteiger partial charge in [-0.05, 0) is 29.8 Å². The number of carbonyl (C=O) groups excluding carboxylic acids is 3. The summed E-state index contributed by atoms with van der Waals surface area (Å²) in [5, 5.41) is 0. The molecule has 0 spiro atoms. The number of ether oxygens (including phenoxy) is 4. The molecule has 0 aliphatic carbocycles. The molecule has 0 fully saturated rings. The molecule has 0 saturated carbocycles. The lowest BCUT2D eigenvalue weighted by molar-refractivity contribution is -0.148. The van der Waals surface area contributed by atoms with Crippen molar-refractivity contribution < 1.29 is 33.3 Å². The fourth-order valence-corrected chi connectivity index (χ4v) is 2.54. The Hall–Kier alpha value is -3.75. The third-order valence-corrected chi connectivity index (χ3v) is 3.97. The molecule has 1 aliphatic rings. The zero-order valence-electron chi connectivity index (χ0n) is 15.7. The topological polar surface area (TPSA) is 112 Å². The summed E-state index contributed by atoms with van der Waals surface area (Å²) in [7, 11) is 1.53. The fraction of sp³-hybridized carbons (Fsp3) is 0.250. The molecule has 0 unspecified atom stereocenters. The minimum Gasteiger partial charge on any atom is -0.497 e. The molecule has 2 aromatic carbocycles. The smallest absolute Gasteiger partial charge is 0.310 e. The molecule has 29 heavy (non-hydrogen) atoms. The van der Waals surface area contributed by atoms with E-state index in [0.29, 0.717) is 22.8 Å². The first-order valence-electron chi connectivity index (χ1n) is 8.81. The van der Waals surface area contributed by atoms with Crippen LogP contribution in [-0.2, 0) is 25.5 Å². The Morgan fingerprint density at radius 2 is 1.86 bits per heavy atom. The van der Waals surface area contributed by atoms with Crippen LogP contribution in [0.2, 0.25) is 0 Å². The number of nitrogens with one attached hydrogen (secondary N) is 2. The number of benzene rings is 2. The van der Waals surface area contributed by atoms with E-state index in [1.807, 2.05) is 0 Å². The summed E-state index contributed by atoms with van der Waals surface area (Å²) in [5.41, 5.74) is 5.08. The van der Waals surface area contributed by atoms with Crippen LogP contribution in [0.5, 0.6) is 17.2 Å². The second-order valence-corrected chi connectivity index (χ2v) is 6.09. The molecule has 1 heterocycles. The standard InChI is InChI=1S/C20H20N2O7/c1-26-14-6-4-5-13(9-14)10-19(24)28-12-18(23)21-22-20(25)17-11-27-15-7-2-3-8-16(15)29-17/h2-9,17H,10-12H2,1H3,(H,21,23)(H,22,25)/t17-/m1/s1. The summed E-state index contributed by atoms with van der Waals surface area (Å²) in [5.74, 6) is -0.252. The molecule has 9 nitrogen and oxygen atoms in total. The van der Waals surface area contributed by atoms with Gasteiger partial charge < -0.3 is 18.9 Å². The lowest BCUT2D eigenvalue weighted by atomic mass is 10.1. The quantitative estimate of drug-likeness (QED) is 0.544. The van der Waals surface area contributed by atoms with Crippen molar-refractivity contribution in [1.29, 1.82) is 0 Å². The zero-order chi connectivity index (χ0) is 20.6. The van der Waals surface area contributed by atoms with Crippen molar-refractivity contribution in [3.05, 3.63) is 54.1 Å². The lowest BCUT2D eigenvalue weighted by Crippen LogP contribution is -2.51. The number of amides is 2. The van der Waals surface area contributed by atoms with Gasteiger partial charge in [0.25, 0.3) is 11.8 Å². The van der Waals surface area contributed by atoms with Gasteiger partial charge in [-0.25, -0.2) is 0 Å². The van der Waals surface area contributed by atoms with E-state index in [1.54, 1.807) is 48.5 Å². The fourth-order valence-electron chi connectivity index (χ4n) is 2.54. The van der Waals surface area contributed by atoms with Crippen LogP contribution in [0.15, 0.2) is 48.5 Å². The van der Waals surface area contributed by atoms with Crippen LogP contribution in [0.3, 0.4) is 0 Å². The maximum atomic E-state index is 12.1. The average molecular weight is 400 g/mol. The molecular formula is C20H20N2O7. The Kier molecular flexibility index (Phi) is 6.51. The summed E-state index contributed by atoms with van der Waals surface area (Å²) >= 11 is 0. The summed E-state index contributed by atoms with van der Waals surface area (Å²) in [4.78, 5) is 35.7. The van der Waals surface area contributed by atoms with Gasteiger partial charge in [0.15, 0.2) is 18.1 Å². The van der Waals surface area contributed by atoms with Gasteiger partial charge in [-0.1, -0.05) is 24.3 Å². The van der Waals surface area contributed by atoms with Gasteiger partial charge in [-0.3, -0.25) is 25.2 Å². The van der Waals surface area contributed by atoms with E-state index in [0.717, 1.165) is 0 Å². The first-order chi connectivity index (χ1) is 14.0. The van der Waals surface area contributed by atoms with E-state index >= 15 is 0 Å². The van der Waals surface area contributed by atoms with Crippen LogP contribution in [0.4, 0.5) is 0 Å². The van der Waals surface area contributed by atoms with Gasteiger partial charge in [-0.2, -0.15) is 0 Å². The summed E-state index contributed by atoms with van der Waals surface area (Å²) in [6, 6.07) is 13.9. The van der Waals surface area contributed by atoms with Gasteiger partial charge in [0.1, 0.15) is 12.4 Å². The normalized spacial score (nSPS) is 14.4. The van der Waals surface area contributed by atoms with Gasteiger partial charge in [0.05, 0.1) is 13.5 Å². The van der Waals surface area contributed by atoms with Crippen LogP contribution in [0, 0.1) is 0 Å². The van der Waals surface area contributed by atoms with E-state index in [-0.39, 0.29) is 13.0 Å². The van der Waals surface area contributed by atoms with Gasteiger partial charge >= 0.3 is 5.97 Å². The van der Waals surface area contributed by atoms with Gasteiger partial charge in [0.2, 0.25) is 6.10 Å². The summed E-state index contributed by atoms with van der Waals surface area (Å²) in [6.07, 6.45) is -0.926. The molecule has 0 radical (unpaired) electrons. The first-order valence-corrected chi connectivity index (χ1v) is 8.81. The maximum absolute atomic E-state index is 12.1. The Bertz CT molecular complexity index is 900. The largest absolute Gasteiger partial charge is 0.497 e. The highest BCUT2D eigenvalue weighted by Gasteiger charge is 2.27. The zero-order valence-corrected chi connectivity index (χ0v) is 15.7. The molecular weight excluding hydrogens is 380 g/mol. The van der Waals surface area contributed by atoms with E-state index in [1.165, 1.54) is 7.11 Å². The highest BCUT2D eigenvalue weighted by atomic mass is 16.6. The Balaban J connectivity index is 1.38. The predicted octanol–water partition coefficient (Wildman–Crippen LogP) is 0.768. The van der Waals surface area contributed by atoms with Crippen LogP contribution in [0.25, 0.3) is 0 Å². The first kappa shape index (κ1) is 20.0. The van der Waals surface area contributed by atoms with Crippen LogP contribution in [0.1, 0.15) is 5.56 Å². The molecule has 3 rings (SSSR count). The Morgan fingerprint density at radius 3 is 2.66 bits per heavy atom.